The van der Waals surface area contributed by atoms with E-state index in [-0.39, 0.29) is 17.8 Å². The van der Waals surface area contributed by atoms with Gasteiger partial charge in [0.05, 0.1) is 12.5 Å². The van der Waals surface area contributed by atoms with Gasteiger partial charge in [-0.15, -0.1) is 0 Å². The molecule has 1 fully saturated rings. The first-order valence-electron chi connectivity index (χ1n) is 5.97. The number of ether oxygens (including phenoxy) is 2. The third kappa shape index (κ3) is 5.06. The van der Waals surface area contributed by atoms with Crippen LogP contribution in [0.5, 0.6) is 0 Å². The molecule has 1 saturated carbocycles. The standard InChI is InChI=1S/C12H21NO4/c1-5-16-10(14)9-6-8(9)7-13-11(15)17-12(2,3)4/h8-9H,5-7H2,1-4H3,(H,13,15)/t8-,9+/m1/s1. The maximum Gasteiger partial charge on any atom is 0.407 e. The molecule has 2 atom stereocenters. The second-order valence-electron chi connectivity index (χ2n) is 5.24. The SMILES string of the molecule is CCOC(=O)[C@H]1C[C@@H]1CNC(=O)OC(C)(C)C. The zero-order valence-electron chi connectivity index (χ0n) is 10.9. The molecule has 0 aromatic heterocycles. The highest BCUT2D eigenvalue weighted by Crippen LogP contribution is 2.38. The summed E-state index contributed by atoms with van der Waals surface area (Å²) in [6, 6.07) is 0. The number of hydrogen-bond donors (Lipinski definition) is 1. The zero-order chi connectivity index (χ0) is 13.1. The Morgan fingerprint density at radius 3 is 2.53 bits per heavy atom. The highest BCUT2D eigenvalue weighted by molar-refractivity contribution is 5.76. The zero-order valence-corrected chi connectivity index (χ0v) is 10.9. The van der Waals surface area contributed by atoms with Crippen molar-refractivity contribution in [3.8, 4) is 0 Å². The maximum atomic E-state index is 11.3. The second-order valence-corrected chi connectivity index (χ2v) is 5.24. The van der Waals surface area contributed by atoms with E-state index in [0.717, 1.165) is 6.42 Å². The van der Waals surface area contributed by atoms with Crippen molar-refractivity contribution >= 4 is 12.1 Å². The fraction of sp³-hybridized carbons (Fsp3) is 0.833. The number of hydrogen-bond acceptors (Lipinski definition) is 4. The maximum absolute atomic E-state index is 11.3. The van der Waals surface area contributed by atoms with E-state index >= 15 is 0 Å². The van der Waals surface area contributed by atoms with E-state index in [1.807, 2.05) is 20.8 Å². The molecule has 0 spiro atoms. The van der Waals surface area contributed by atoms with Gasteiger partial charge >= 0.3 is 12.1 Å². The molecule has 0 heterocycles. The van der Waals surface area contributed by atoms with Crippen molar-refractivity contribution in [1.29, 1.82) is 0 Å². The Labute approximate surface area is 102 Å². The average Bonchev–Trinajstić information content (AvgIpc) is 2.91. The summed E-state index contributed by atoms with van der Waals surface area (Å²) in [7, 11) is 0. The Morgan fingerprint density at radius 1 is 1.35 bits per heavy atom. The first-order chi connectivity index (χ1) is 7.83. The molecule has 17 heavy (non-hydrogen) atoms. The van der Waals surface area contributed by atoms with Crippen molar-refractivity contribution in [2.75, 3.05) is 13.2 Å². The van der Waals surface area contributed by atoms with Crippen molar-refractivity contribution in [1.82, 2.24) is 5.32 Å². The summed E-state index contributed by atoms with van der Waals surface area (Å²) >= 11 is 0. The summed E-state index contributed by atoms with van der Waals surface area (Å²) in [6.07, 6.45) is 0.348. The van der Waals surface area contributed by atoms with Crippen LogP contribution in [0.15, 0.2) is 0 Å². The highest BCUT2D eigenvalue weighted by atomic mass is 16.6. The molecule has 5 nitrogen and oxygen atoms in total. The third-order valence-corrected chi connectivity index (χ3v) is 2.42. The minimum absolute atomic E-state index is 0.0510. The Hall–Kier alpha value is -1.26. The van der Waals surface area contributed by atoms with Crippen LogP contribution in [0.3, 0.4) is 0 Å². The predicted molar refractivity (Wildman–Crippen MR) is 62.5 cm³/mol. The molecule has 1 aliphatic carbocycles. The monoisotopic (exact) mass is 243 g/mol. The van der Waals surface area contributed by atoms with Crippen LogP contribution in [0.4, 0.5) is 4.79 Å². The highest BCUT2D eigenvalue weighted by Gasteiger charge is 2.44. The van der Waals surface area contributed by atoms with Gasteiger partial charge in [0.2, 0.25) is 0 Å². The quantitative estimate of drug-likeness (QED) is 0.763. The van der Waals surface area contributed by atoms with Gasteiger partial charge in [-0.2, -0.15) is 0 Å². The smallest absolute Gasteiger partial charge is 0.407 e. The minimum Gasteiger partial charge on any atom is -0.466 e. The van der Waals surface area contributed by atoms with Crippen LogP contribution < -0.4 is 5.32 Å². The molecule has 0 bridgehead atoms. The predicted octanol–water partition coefficient (Wildman–Crippen LogP) is 1.71. The summed E-state index contributed by atoms with van der Waals surface area (Å²) < 4.78 is 9.99. The van der Waals surface area contributed by atoms with E-state index in [1.165, 1.54) is 0 Å². The molecule has 1 N–H and O–H groups in total. The molecule has 0 aliphatic heterocycles. The van der Waals surface area contributed by atoms with Crippen LogP contribution in [-0.2, 0) is 14.3 Å². The second kappa shape index (κ2) is 5.38. The summed E-state index contributed by atoms with van der Waals surface area (Å²) in [6.45, 7) is 8.09. The molecule has 1 aliphatic rings. The minimum atomic E-state index is -0.492. The summed E-state index contributed by atoms with van der Waals surface area (Å²) in [5, 5.41) is 2.66. The molecule has 0 saturated heterocycles. The average molecular weight is 243 g/mol. The Bertz CT molecular complexity index is 295. The van der Waals surface area contributed by atoms with Crippen molar-refractivity contribution in [2.45, 2.75) is 39.7 Å². The topological polar surface area (TPSA) is 64.6 Å². The lowest BCUT2D eigenvalue weighted by molar-refractivity contribution is -0.145. The molecule has 0 unspecified atom stereocenters. The molecule has 1 amide bonds. The number of alkyl carbamates (subject to hydrolysis) is 1. The van der Waals surface area contributed by atoms with Gasteiger partial charge in [0, 0.05) is 6.54 Å². The van der Waals surface area contributed by atoms with Crippen LogP contribution in [0.2, 0.25) is 0 Å². The Morgan fingerprint density at radius 2 is 2.00 bits per heavy atom. The van der Waals surface area contributed by atoms with Crippen LogP contribution in [-0.4, -0.2) is 30.8 Å². The van der Waals surface area contributed by atoms with Gasteiger partial charge < -0.3 is 14.8 Å². The van der Waals surface area contributed by atoms with Crippen molar-refractivity contribution in [3.05, 3.63) is 0 Å². The van der Waals surface area contributed by atoms with E-state index in [0.29, 0.717) is 13.2 Å². The first kappa shape index (κ1) is 13.8. The summed E-state index contributed by atoms with van der Waals surface area (Å²) in [4.78, 5) is 22.7. The van der Waals surface area contributed by atoms with Gasteiger partial charge in [0.25, 0.3) is 0 Å². The van der Waals surface area contributed by atoms with Gasteiger partial charge in [0.1, 0.15) is 5.60 Å². The Kier molecular flexibility index (Phi) is 4.37. The number of rotatable bonds is 4. The fourth-order valence-electron chi connectivity index (χ4n) is 1.54. The largest absolute Gasteiger partial charge is 0.466 e. The van der Waals surface area contributed by atoms with Crippen LogP contribution in [0, 0.1) is 11.8 Å². The van der Waals surface area contributed by atoms with Crippen molar-refractivity contribution in [2.24, 2.45) is 11.8 Å². The normalized spacial score (nSPS) is 22.8. The van der Waals surface area contributed by atoms with Crippen LogP contribution in [0.1, 0.15) is 34.1 Å². The van der Waals surface area contributed by atoms with Gasteiger partial charge in [-0.25, -0.2) is 4.79 Å². The lowest BCUT2D eigenvalue weighted by atomic mass is 10.2. The van der Waals surface area contributed by atoms with E-state index in [2.05, 4.69) is 5.32 Å². The molecule has 1 rings (SSSR count). The lowest BCUT2D eigenvalue weighted by Gasteiger charge is -2.19. The molecule has 0 aromatic carbocycles. The third-order valence-electron chi connectivity index (χ3n) is 2.42. The number of amides is 1. The summed E-state index contributed by atoms with van der Waals surface area (Å²) in [5.41, 5.74) is -0.492. The van der Waals surface area contributed by atoms with Crippen LogP contribution >= 0.6 is 0 Å². The molecular formula is C12H21NO4. The summed E-state index contributed by atoms with van der Waals surface area (Å²) in [5.74, 6) is -0.0186. The van der Waals surface area contributed by atoms with Crippen LogP contribution in [0.25, 0.3) is 0 Å². The van der Waals surface area contributed by atoms with Gasteiger partial charge in [0.15, 0.2) is 0 Å². The number of nitrogens with one attached hydrogen (secondary N) is 1. The molecular weight excluding hydrogens is 222 g/mol. The number of carbonyl (C=O) groups excluding carboxylic acids is 2. The molecule has 0 radical (unpaired) electrons. The first-order valence-corrected chi connectivity index (χ1v) is 5.97. The molecule has 0 aromatic rings. The van der Waals surface area contributed by atoms with Crippen molar-refractivity contribution < 1.29 is 19.1 Å². The Balaban J connectivity index is 2.17. The van der Waals surface area contributed by atoms with Crippen molar-refractivity contribution in [3.63, 3.8) is 0 Å². The van der Waals surface area contributed by atoms with E-state index in [1.54, 1.807) is 6.92 Å². The fourth-order valence-corrected chi connectivity index (χ4v) is 1.54. The van der Waals surface area contributed by atoms with E-state index in [9.17, 15) is 9.59 Å². The number of esters is 1. The van der Waals surface area contributed by atoms with Gasteiger partial charge in [-0.1, -0.05) is 0 Å². The van der Waals surface area contributed by atoms with Gasteiger partial charge in [-0.3, -0.25) is 4.79 Å². The number of carbonyl (C=O) groups is 2. The van der Waals surface area contributed by atoms with E-state index < -0.39 is 11.7 Å². The lowest BCUT2D eigenvalue weighted by Crippen LogP contribution is -2.33. The van der Waals surface area contributed by atoms with Gasteiger partial charge in [-0.05, 0) is 40.0 Å². The molecule has 5 heteroatoms. The molecule has 98 valence electrons. The van der Waals surface area contributed by atoms with E-state index in [4.69, 9.17) is 9.47 Å².